The van der Waals surface area contributed by atoms with Crippen LogP contribution in [0, 0.1) is 0 Å². The summed E-state index contributed by atoms with van der Waals surface area (Å²) in [6.07, 6.45) is 0. The first-order valence-electron chi connectivity index (χ1n) is 9.07. The van der Waals surface area contributed by atoms with Crippen molar-refractivity contribution in [3.8, 4) is 0 Å². The van der Waals surface area contributed by atoms with Crippen molar-refractivity contribution in [3.63, 3.8) is 0 Å². The van der Waals surface area contributed by atoms with E-state index in [-0.39, 0.29) is 22.2 Å². The molecule has 0 amide bonds. The number of nitrogens with zero attached hydrogens (tertiary/aromatic N) is 2. The van der Waals surface area contributed by atoms with Gasteiger partial charge in [-0.3, -0.25) is 10.2 Å². The smallest absolute Gasteiger partial charge is 0.294 e. The van der Waals surface area contributed by atoms with Gasteiger partial charge < -0.3 is 9.96 Å². The molecule has 8 heteroatoms. The van der Waals surface area contributed by atoms with Crippen molar-refractivity contribution >= 4 is 18.6 Å². The van der Waals surface area contributed by atoms with Crippen LogP contribution < -0.4 is 20.1 Å². The molecule has 2 atom stereocenters. The molecule has 1 saturated heterocycles. The summed E-state index contributed by atoms with van der Waals surface area (Å²) in [5, 5.41) is 7.81. The maximum atomic E-state index is 3.90. The first-order chi connectivity index (χ1) is 10.4. The Labute approximate surface area is 153 Å². The van der Waals surface area contributed by atoms with E-state index >= 15 is 0 Å². The molecular weight excluding hydrogens is 332 g/mol. The van der Waals surface area contributed by atoms with E-state index in [1.807, 2.05) is 0 Å². The van der Waals surface area contributed by atoms with Crippen LogP contribution in [0.3, 0.4) is 0 Å². The van der Waals surface area contributed by atoms with E-state index in [0.29, 0.717) is 0 Å². The van der Waals surface area contributed by atoms with E-state index in [4.69, 9.17) is 0 Å². The van der Waals surface area contributed by atoms with E-state index in [2.05, 4.69) is 113 Å². The number of hydrazine groups is 2. The molecule has 0 aliphatic carbocycles. The fraction of sp³-hybridized carbons (Fsp3) is 1.00. The van der Waals surface area contributed by atoms with Crippen LogP contribution in [0.1, 0.15) is 83.1 Å². The lowest BCUT2D eigenvalue weighted by atomic mass is 10.1. The molecule has 2 unspecified atom stereocenters. The van der Waals surface area contributed by atoms with Crippen molar-refractivity contribution in [2.45, 2.75) is 105 Å². The van der Waals surface area contributed by atoms with Gasteiger partial charge in [-0.2, -0.15) is 0 Å². The summed E-state index contributed by atoms with van der Waals surface area (Å²) in [5.41, 5.74) is 0.253. The minimum atomic E-state index is -1.61. The van der Waals surface area contributed by atoms with Crippen molar-refractivity contribution in [2.75, 3.05) is 0 Å². The minimum absolute atomic E-state index is 0.0525. The van der Waals surface area contributed by atoms with E-state index < -0.39 is 18.6 Å². The highest BCUT2D eigenvalue weighted by Crippen LogP contribution is 2.20. The standard InChI is InChI=1S/C16H42N6Si2/c1-13(2,3)17-23-19-22(16(10,11)12)24(18-14(4,5)6)20-21(23)15(7,8)9/h17-20,23-24H,1-12H3. The molecule has 1 rings (SSSR count). The number of hydrogen-bond donors (Lipinski definition) is 4. The van der Waals surface area contributed by atoms with E-state index in [1.165, 1.54) is 0 Å². The fourth-order valence-electron chi connectivity index (χ4n) is 2.70. The van der Waals surface area contributed by atoms with Crippen molar-refractivity contribution in [1.29, 1.82) is 0 Å². The topological polar surface area (TPSA) is 54.6 Å². The molecule has 24 heavy (non-hydrogen) atoms. The number of nitrogens with one attached hydrogen (secondary N) is 4. The van der Waals surface area contributed by atoms with E-state index in [1.54, 1.807) is 0 Å². The summed E-state index contributed by atoms with van der Waals surface area (Å²) in [6, 6.07) is 0. The summed E-state index contributed by atoms with van der Waals surface area (Å²) in [4.78, 5) is 7.69. The molecular formula is C16H42N6Si2. The zero-order chi connectivity index (χ0) is 19.1. The summed E-state index contributed by atoms with van der Waals surface area (Å²) in [5.74, 6) is 0. The first kappa shape index (κ1) is 22.2. The zero-order valence-electron chi connectivity index (χ0n) is 18.0. The largest absolute Gasteiger partial charge is 0.309 e. The monoisotopic (exact) mass is 374 g/mol. The predicted octanol–water partition coefficient (Wildman–Crippen LogP) is 1.42. The molecule has 1 fully saturated rings. The van der Waals surface area contributed by atoms with E-state index in [0.717, 1.165) is 0 Å². The second-order valence-corrected chi connectivity index (χ2v) is 14.7. The third-order valence-corrected chi connectivity index (χ3v) is 10.4. The maximum Gasteiger partial charge on any atom is 0.294 e. The van der Waals surface area contributed by atoms with Gasteiger partial charge in [-0.1, -0.05) is 0 Å². The van der Waals surface area contributed by atoms with Crippen LogP contribution >= 0.6 is 0 Å². The fourth-order valence-corrected chi connectivity index (χ4v) is 9.85. The molecule has 1 aliphatic heterocycles. The molecule has 0 spiro atoms. The van der Waals surface area contributed by atoms with Crippen molar-refractivity contribution in [2.24, 2.45) is 0 Å². The molecule has 144 valence electrons. The Kier molecular flexibility index (Phi) is 6.55. The molecule has 6 nitrogen and oxygen atoms in total. The summed E-state index contributed by atoms with van der Waals surface area (Å²) in [7, 11) is -3.22. The second-order valence-electron chi connectivity index (χ2n) is 10.9. The lowest BCUT2D eigenvalue weighted by Crippen LogP contribution is -2.88. The average Bonchev–Trinajstić information content (AvgIpc) is 2.23. The van der Waals surface area contributed by atoms with Gasteiger partial charge in [0.15, 0.2) is 0 Å². The van der Waals surface area contributed by atoms with Crippen LogP contribution in [-0.2, 0) is 0 Å². The quantitative estimate of drug-likeness (QED) is 0.549. The third-order valence-electron chi connectivity index (χ3n) is 3.62. The van der Waals surface area contributed by atoms with Crippen LogP contribution in [0.2, 0.25) is 0 Å². The van der Waals surface area contributed by atoms with Crippen molar-refractivity contribution in [3.05, 3.63) is 0 Å². The molecule has 0 aromatic rings. The zero-order valence-corrected chi connectivity index (χ0v) is 20.4. The summed E-state index contributed by atoms with van der Waals surface area (Å²) < 4.78 is 4.94. The Bertz CT molecular complexity index is 376. The van der Waals surface area contributed by atoms with Gasteiger partial charge in [-0.25, -0.2) is 9.35 Å². The lowest BCUT2D eigenvalue weighted by Gasteiger charge is -2.56. The molecule has 0 bridgehead atoms. The molecule has 0 aromatic carbocycles. The summed E-state index contributed by atoms with van der Waals surface area (Å²) >= 11 is 0. The Balaban J connectivity index is 3.16. The van der Waals surface area contributed by atoms with Crippen LogP contribution in [0.15, 0.2) is 0 Å². The maximum absolute atomic E-state index is 3.90. The third kappa shape index (κ3) is 6.83. The van der Waals surface area contributed by atoms with Gasteiger partial charge in [0.1, 0.15) is 0 Å². The van der Waals surface area contributed by atoms with Gasteiger partial charge in [0.25, 0.3) is 18.6 Å². The van der Waals surface area contributed by atoms with Crippen LogP contribution in [-0.4, -0.2) is 50.1 Å². The van der Waals surface area contributed by atoms with Gasteiger partial charge in [0, 0.05) is 22.2 Å². The molecule has 1 aliphatic rings. The second kappa shape index (κ2) is 7.07. The van der Waals surface area contributed by atoms with Gasteiger partial charge in [0.2, 0.25) is 0 Å². The predicted molar refractivity (Wildman–Crippen MR) is 110 cm³/mol. The first-order valence-corrected chi connectivity index (χ1v) is 12.4. The lowest BCUT2D eigenvalue weighted by molar-refractivity contribution is 0.116. The van der Waals surface area contributed by atoms with Crippen LogP contribution in [0.25, 0.3) is 0 Å². The van der Waals surface area contributed by atoms with Gasteiger partial charge in [0.05, 0.1) is 0 Å². The molecule has 0 saturated carbocycles. The molecule has 4 N–H and O–H groups in total. The Morgan fingerprint density at radius 2 is 0.792 bits per heavy atom. The minimum Gasteiger partial charge on any atom is -0.309 e. The Hall–Kier alpha value is 0.194. The highest BCUT2D eigenvalue weighted by molar-refractivity contribution is 6.59. The Morgan fingerprint density at radius 1 is 0.542 bits per heavy atom. The Morgan fingerprint density at radius 3 is 0.958 bits per heavy atom. The molecule has 0 aromatic heterocycles. The molecule has 0 radical (unpaired) electrons. The highest BCUT2D eigenvalue weighted by atomic mass is 28.3. The highest BCUT2D eigenvalue weighted by Gasteiger charge is 2.46. The summed E-state index contributed by atoms with van der Waals surface area (Å²) in [6.45, 7) is 27.1. The number of hydrogen-bond acceptors (Lipinski definition) is 6. The van der Waals surface area contributed by atoms with E-state index in [9.17, 15) is 0 Å². The van der Waals surface area contributed by atoms with Gasteiger partial charge in [-0.15, -0.1) is 0 Å². The SMILES string of the molecule is CC(C)(C)N[SiH]1NN(C(C)(C)C)[SiH](NC(C)(C)C)NN1C(C)(C)C. The van der Waals surface area contributed by atoms with Gasteiger partial charge >= 0.3 is 0 Å². The average molecular weight is 375 g/mol. The van der Waals surface area contributed by atoms with Gasteiger partial charge in [-0.05, 0) is 83.1 Å². The number of rotatable bonds is 2. The van der Waals surface area contributed by atoms with Crippen molar-refractivity contribution in [1.82, 2.24) is 29.5 Å². The van der Waals surface area contributed by atoms with Crippen LogP contribution in [0.4, 0.5) is 0 Å². The van der Waals surface area contributed by atoms with Crippen LogP contribution in [0.5, 0.6) is 0 Å². The van der Waals surface area contributed by atoms with Crippen molar-refractivity contribution < 1.29 is 0 Å². The normalized spacial score (nSPS) is 26.0. The molecule has 1 heterocycles.